The smallest absolute Gasteiger partial charge is 0.238 e. The minimum atomic E-state index is -3.67. The molecule has 0 radical (unpaired) electrons. The van der Waals surface area contributed by atoms with Gasteiger partial charge in [0.2, 0.25) is 15.9 Å². The van der Waals surface area contributed by atoms with Crippen LogP contribution in [0, 0.1) is 5.82 Å². The molecule has 1 amide bonds. The Hall–Kier alpha value is -2.25. The van der Waals surface area contributed by atoms with Crippen LogP contribution in [-0.2, 0) is 27.7 Å². The molecule has 7 heteroatoms. The van der Waals surface area contributed by atoms with Gasteiger partial charge in [-0.2, -0.15) is 0 Å². The zero-order chi connectivity index (χ0) is 18.3. The predicted molar refractivity (Wildman–Crippen MR) is 93.9 cm³/mol. The molecule has 0 spiro atoms. The minimum Gasteiger partial charge on any atom is -0.356 e. The van der Waals surface area contributed by atoms with E-state index in [1.165, 1.54) is 24.3 Å². The molecule has 3 N–H and O–H groups in total. The van der Waals surface area contributed by atoms with E-state index in [2.05, 4.69) is 5.32 Å². The van der Waals surface area contributed by atoms with Gasteiger partial charge >= 0.3 is 0 Å². The number of carbonyl (C=O) groups is 1. The molecule has 25 heavy (non-hydrogen) atoms. The molecule has 0 heterocycles. The first-order chi connectivity index (χ1) is 11.8. The summed E-state index contributed by atoms with van der Waals surface area (Å²) in [6.07, 6.45) is 2.40. The zero-order valence-electron chi connectivity index (χ0n) is 13.7. The first-order valence-corrected chi connectivity index (χ1v) is 9.52. The second kappa shape index (κ2) is 8.73. The number of amides is 1. The lowest BCUT2D eigenvalue weighted by Crippen LogP contribution is -2.25. The van der Waals surface area contributed by atoms with E-state index in [0.29, 0.717) is 19.4 Å². The third-order valence-corrected chi connectivity index (χ3v) is 4.70. The average Bonchev–Trinajstić information content (AvgIpc) is 2.58. The highest BCUT2D eigenvalue weighted by molar-refractivity contribution is 7.89. The van der Waals surface area contributed by atoms with E-state index < -0.39 is 10.0 Å². The van der Waals surface area contributed by atoms with Crippen LogP contribution >= 0.6 is 0 Å². The number of hydrogen-bond donors (Lipinski definition) is 2. The van der Waals surface area contributed by atoms with Gasteiger partial charge in [0.15, 0.2) is 0 Å². The van der Waals surface area contributed by atoms with Gasteiger partial charge in [-0.15, -0.1) is 0 Å². The summed E-state index contributed by atoms with van der Waals surface area (Å²) in [7, 11) is -3.67. The van der Waals surface area contributed by atoms with Gasteiger partial charge in [-0.3, -0.25) is 4.79 Å². The van der Waals surface area contributed by atoms with Crippen LogP contribution in [0.15, 0.2) is 53.4 Å². The molecule has 2 aromatic carbocycles. The van der Waals surface area contributed by atoms with E-state index in [-0.39, 0.29) is 16.6 Å². The fourth-order valence-electron chi connectivity index (χ4n) is 2.36. The number of primary sulfonamides is 1. The number of hydrogen-bond acceptors (Lipinski definition) is 3. The Labute approximate surface area is 147 Å². The first kappa shape index (κ1) is 19.1. The fraction of sp³-hybridized carbons (Fsp3) is 0.278. The SMILES string of the molecule is NS(=O)(=O)c1ccc(CCCNC(=O)CCc2ccc(F)cc2)cc1. The molecule has 2 rings (SSSR count). The number of sulfonamides is 1. The van der Waals surface area contributed by atoms with Crippen molar-refractivity contribution < 1.29 is 17.6 Å². The monoisotopic (exact) mass is 364 g/mol. The van der Waals surface area contributed by atoms with Gasteiger partial charge in [-0.1, -0.05) is 24.3 Å². The van der Waals surface area contributed by atoms with Gasteiger partial charge in [0.05, 0.1) is 4.90 Å². The van der Waals surface area contributed by atoms with Crippen molar-refractivity contribution in [2.75, 3.05) is 6.54 Å². The summed E-state index contributed by atoms with van der Waals surface area (Å²) in [5.41, 5.74) is 1.90. The maximum absolute atomic E-state index is 12.8. The maximum atomic E-state index is 12.8. The highest BCUT2D eigenvalue weighted by Crippen LogP contribution is 2.10. The molecule has 0 saturated carbocycles. The summed E-state index contributed by atoms with van der Waals surface area (Å²) >= 11 is 0. The van der Waals surface area contributed by atoms with Crippen molar-refractivity contribution in [3.63, 3.8) is 0 Å². The van der Waals surface area contributed by atoms with Crippen molar-refractivity contribution in [2.45, 2.75) is 30.6 Å². The topological polar surface area (TPSA) is 89.3 Å². The Morgan fingerprint density at radius 2 is 1.52 bits per heavy atom. The van der Waals surface area contributed by atoms with E-state index in [9.17, 15) is 17.6 Å². The third kappa shape index (κ3) is 6.64. The predicted octanol–water partition coefficient (Wildman–Crippen LogP) is 2.15. The molecule has 0 fully saturated rings. The lowest BCUT2D eigenvalue weighted by Gasteiger charge is -2.06. The molecule has 0 aliphatic rings. The Morgan fingerprint density at radius 3 is 2.12 bits per heavy atom. The molecule has 2 aromatic rings. The van der Waals surface area contributed by atoms with Crippen molar-refractivity contribution >= 4 is 15.9 Å². The van der Waals surface area contributed by atoms with Crippen LogP contribution in [0.5, 0.6) is 0 Å². The summed E-state index contributed by atoms with van der Waals surface area (Å²) < 4.78 is 35.1. The van der Waals surface area contributed by atoms with Crippen LogP contribution in [0.4, 0.5) is 4.39 Å². The number of nitrogens with two attached hydrogens (primary N) is 1. The second-order valence-corrected chi connectivity index (χ2v) is 7.33. The molecule has 0 unspecified atom stereocenters. The number of halogens is 1. The summed E-state index contributed by atoms with van der Waals surface area (Å²) in [5, 5.41) is 7.89. The van der Waals surface area contributed by atoms with Crippen molar-refractivity contribution in [3.8, 4) is 0 Å². The van der Waals surface area contributed by atoms with Gasteiger partial charge in [0, 0.05) is 13.0 Å². The highest BCUT2D eigenvalue weighted by atomic mass is 32.2. The van der Waals surface area contributed by atoms with Gasteiger partial charge in [-0.25, -0.2) is 17.9 Å². The van der Waals surface area contributed by atoms with Gasteiger partial charge in [0.1, 0.15) is 5.82 Å². The van der Waals surface area contributed by atoms with E-state index in [1.54, 1.807) is 24.3 Å². The van der Waals surface area contributed by atoms with Crippen LogP contribution in [0.1, 0.15) is 24.0 Å². The summed E-state index contributed by atoms with van der Waals surface area (Å²) in [6.45, 7) is 0.541. The molecule has 0 aromatic heterocycles. The zero-order valence-corrected chi connectivity index (χ0v) is 14.6. The summed E-state index contributed by atoms with van der Waals surface area (Å²) in [4.78, 5) is 11.9. The van der Waals surface area contributed by atoms with Crippen molar-refractivity contribution in [1.29, 1.82) is 0 Å². The van der Waals surface area contributed by atoms with Crippen LogP contribution in [-0.4, -0.2) is 20.9 Å². The maximum Gasteiger partial charge on any atom is 0.238 e. The van der Waals surface area contributed by atoms with Gasteiger partial charge in [0.25, 0.3) is 0 Å². The summed E-state index contributed by atoms with van der Waals surface area (Å²) in [5.74, 6) is -0.334. The largest absolute Gasteiger partial charge is 0.356 e. The molecule has 0 aliphatic heterocycles. The molecule has 0 aliphatic carbocycles. The van der Waals surface area contributed by atoms with Gasteiger partial charge in [-0.05, 0) is 54.7 Å². The lowest BCUT2D eigenvalue weighted by atomic mass is 10.1. The third-order valence-electron chi connectivity index (χ3n) is 3.77. The molecule has 134 valence electrons. The second-order valence-electron chi connectivity index (χ2n) is 5.77. The number of benzene rings is 2. The molecular formula is C18H21FN2O3S. The Bertz CT molecular complexity index is 803. The number of aryl methyl sites for hydroxylation is 2. The Kier molecular flexibility index (Phi) is 6.66. The Morgan fingerprint density at radius 1 is 0.960 bits per heavy atom. The normalized spacial score (nSPS) is 11.3. The molecule has 0 saturated heterocycles. The number of rotatable bonds is 8. The minimum absolute atomic E-state index is 0.0473. The van der Waals surface area contributed by atoms with E-state index in [1.807, 2.05) is 0 Å². The van der Waals surface area contributed by atoms with Crippen molar-refractivity contribution in [3.05, 3.63) is 65.5 Å². The van der Waals surface area contributed by atoms with E-state index in [0.717, 1.165) is 24.0 Å². The number of nitrogens with one attached hydrogen (secondary N) is 1. The fourth-order valence-corrected chi connectivity index (χ4v) is 2.88. The molecular weight excluding hydrogens is 343 g/mol. The molecule has 5 nitrogen and oxygen atoms in total. The van der Waals surface area contributed by atoms with Crippen LogP contribution in [0.2, 0.25) is 0 Å². The highest BCUT2D eigenvalue weighted by Gasteiger charge is 2.07. The van der Waals surface area contributed by atoms with Crippen LogP contribution < -0.4 is 10.5 Å². The van der Waals surface area contributed by atoms with Crippen LogP contribution in [0.25, 0.3) is 0 Å². The van der Waals surface area contributed by atoms with Gasteiger partial charge < -0.3 is 5.32 Å². The van der Waals surface area contributed by atoms with Crippen molar-refractivity contribution in [1.82, 2.24) is 5.32 Å². The Balaban J connectivity index is 1.66. The average molecular weight is 364 g/mol. The first-order valence-electron chi connectivity index (χ1n) is 7.97. The van der Waals surface area contributed by atoms with E-state index in [4.69, 9.17) is 5.14 Å². The quantitative estimate of drug-likeness (QED) is 0.704. The van der Waals surface area contributed by atoms with Crippen LogP contribution in [0.3, 0.4) is 0 Å². The number of carbonyl (C=O) groups excluding carboxylic acids is 1. The molecule has 0 atom stereocenters. The summed E-state index contributed by atoms with van der Waals surface area (Å²) in [6, 6.07) is 12.5. The lowest BCUT2D eigenvalue weighted by molar-refractivity contribution is -0.121. The molecule has 0 bridgehead atoms. The van der Waals surface area contributed by atoms with E-state index >= 15 is 0 Å². The standard InChI is InChI=1S/C18H21FN2O3S/c19-16-8-3-15(4-9-16)7-12-18(22)21-13-1-2-14-5-10-17(11-6-14)25(20,23)24/h3-6,8-11H,1-2,7,12-13H2,(H,21,22)(H2,20,23,24). The van der Waals surface area contributed by atoms with Crippen molar-refractivity contribution in [2.24, 2.45) is 5.14 Å².